The first kappa shape index (κ1) is 14.6. The molecule has 0 saturated carbocycles. The minimum atomic E-state index is -1.48. The monoisotopic (exact) mass is 316 g/mol. The topological polar surface area (TPSA) is 99.5 Å². The molecule has 1 unspecified atom stereocenters. The Kier molecular flexibility index (Phi) is 4.80. The average molecular weight is 317 g/mol. The van der Waals surface area contributed by atoms with Gasteiger partial charge in [-0.3, -0.25) is 9.59 Å². The van der Waals surface area contributed by atoms with Crippen molar-refractivity contribution in [2.24, 2.45) is 0 Å². The molecule has 6 nitrogen and oxygen atoms in total. The van der Waals surface area contributed by atoms with E-state index >= 15 is 0 Å². The summed E-state index contributed by atoms with van der Waals surface area (Å²) >= 11 is 3.14. The van der Waals surface area contributed by atoms with E-state index in [1.54, 1.807) is 0 Å². The highest BCUT2D eigenvalue weighted by atomic mass is 79.9. The molecule has 1 amide bonds. The highest BCUT2D eigenvalue weighted by molar-refractivity contribution is 9.10. The molecular formula is C11H13BrN2O4. The number of carbonyl (C=O) groups excluding carboxylic acids is 1. The molecule has 0 spiro atoms. The summed E-state index contributed by atoms with van der Waals surface area (Å²) in [5.41, 5.74) is -1.10. The summed E-state index contributed by atoms with van der Waals surface area (Å²) in [4.78, 5) is 26.1. The molecule has 0 fully saturated rings. The lowest BCUT2D eigenvalue weighted by atomic mass is 10.0. The number of aromatic nitrogens is 1. The maximum Gasteiger partial charge on any atom is 0.306 e. The summed E-state index contributed by atoms with van der Waals surface area (Å²) < 4.78 is 0.521. The summed E-state index contributed by atoms with van der Waals surface area (Å²) in [7, 11) is 0. The Balaban J connectivity index is 2.58. The third-order valence-electron chi connectivity index (χ3n) is 2.15. The van der Waals surface area contributed by atoms with Crippen LogP contribution in [0.15, 0.2) is 22.9 Å². The number of aliphatic carboxylic acids is 1. The zero-order valence-electron chi connectivity index (χ0n) is 9.68. The van der Waals surface area contributed by atoms with Crippen LogP contribution in [0.2, 0.25) is 0 Å². The predicted octanol–water partition coefficient (Wildman–Crippen LogP) is 0.800. The fraction of sp³-hybridized carbons (Fsp3) is 0.364. The Morgan fingerprint density at radius 3 is 2.78 bits per heavy atom. The number of aliphatic hydroxyl groups is 1. The molecule has 0 saturated heterocycles. The molecule has 0 radical (unpaired) electrons. The zero-order valence-corrected chi connectivity index (χ0v) is 11.3. The van der Waals surface area contributed by atoms with Gasteiger partial charge in [0.2, 0.25) is 0 Å². The number of rotatable bonds is 5. The maximum atomic E-state index is 11.7. The fourth-order valence-corrected chi connectivity index (χ4v) is 1.67. The molecule has 1 aromatic rings. The van der Waals surface area contributed by atoms with Crippen molar-refractivity contribution in [2.75, 3.05) is 6.54 Å². The van der Waals surface area contributed by atoms with Gasteiger partial charge < -0.3 is 15.5 Å². The molecule has 18 heavy (non-hydrogen) atoms. The summed E-state index contributed by atoms with van der Waals surface area (Å²) in [5.74, 6) is -1.52. The van der Waals surface area contributed by atoms with Crippen LogP contribution in [-0.4, -0.2) is 39.2 Å². The molecule has 7 heteroatoms. The molecule has 0 bridgehead atoms. The van der Waals surface area contributed by atoms with Gasteiger partial charge in [-0.25, -0.2) is 4.98 Å². The van der Waals surface area contributed by atoms with Gasteiger partial charge in [-0.05, 0) is 35.0 Å². The zero-order chi connectivity index (χ0) is 13.8. The van der Waals surface area contributed by atoms with Crippen molar-refractivity contribution in [3.05, 3.63) is 28.5 Å². The number of carbonyl (C=O) groups is 2. The van der Waals surface area contributed by atoms with Crippen molar-refractivity contribution < 1.29 is 19.8 Å². The summed E-state index contributed by atoms with van der Waals surface area (Å²) in [6, 6.07) is 3.05. The highest BCUT2D eigenvalue weighted by Crippen LogP contribution is 2.10. The van der Waals surface area contributed by atoms with E-state index in [1.165, 1.54) is 25.3 Å². The summed E-state index contributed by atoms with van der Waals surface area (Å²) in [6.07, 6.45) is 1.03. The Bertz CT molecular complexity index is 462. The van der Waals surface area contributed by atoms with Gasteiger partial charge in [0.15, 0.2) is 0 Å². The van der Waals surface area contributed by atoms with Crippen LogP contribution in [0.25, 0.3) is 0 Å². The third kappa shape index (κ3) is 4.80. The third-order valence-corrected chi connectivity index (χ3v) is 2.58. The van der Waals surface area contributed by atoms with Gasteiger partial charge in [0.1, 0.15) is 4.60 Å². The van der Waals surface area contributed by atoms with Crippen molar-refractivity contribution in [3.63, 3.8) is 0 Å². The minimum Gasteiger partial charge on any atom is -0.481 e. The lowest BCUT2D eigenvalue weighted by Gasteiger charge is -2.21. The Morgan fingerprint density at radius 1 is 1.56 bits per heavy atom. The van der Waals surface area contributed by atoms with Gasteiger partial charge in [-0.15, -0.1) is 0 Å². The van der Waals surface area contributed by atoms with Crippen molar-refractivity contribution in [1.82, 2.24) is 10.3 Å². The van der Waals surface area contributed by atoms with E-state index in [9.17, 15) is 14.7 Å². The normalized spacial score (nSPS) is 13.7. The molecular weight excluding hydrogens is 304 g/mol. The first-order chi connectivity index (χ1) is 8.30. The van der Waals surface area contributed by atoms with E-state index in [4.69, 9.17) is 5.11 Å². The highest BCUT2D eigenvalue weighted by Gasteiger charge is 2.25. The molecule has 1 heterocycles. The molecule has 1 rings (SSSR count). The molecule has 1 aromatic heterocycles. The number of carboxylic acid groups (broad SMARTS) is 1. The number of amides is 1. The Labute approximate surface area is 112 Å². The number of nitrogens with one attached hydrogen (secondary N) is 1. The largest absolute Gasteiger partial charge is 0.481 e. The number of pyridine rings is 1. The van der Waals surface area contributed by atoms with Crippen LogP contribution in [0.1, 0.15) is 23.7 Å². The van der Waals surface area contributed by atoms with E-state index in [2.05, 4.69) is 26.2 Å². The average Bonchev–Trinajstić information content (AvgIpc) is 2.24. The van der Waals surface area contributed by atoms with Crippen LogP contribution in [-0.2, 0) is 4.79 Å². The second kappa shape index (κ2) is 5.92. The van der Waals surface area contributed by atoms with Gasteiger partial charge in [-0.2, -0.15) is 0 Å². The quantitative estimate of drug-likeness (QED) is 0.698. The molecule has 98 valence electrons. The SMILES string of the molecule is CC(O)(CNC(=O)c1ccnc(Br)c1)CC(=O)O. The standard InChI is InChI=1S/C11H13BrN2O4/c1-11(18,5-9(15)16)6-14-10(17)7-2-3-13-8(12)4-7/h2-4,18H,5-6H2,1H3,(H,14,17)(H,15,16). The van der Waals surface area contributed by atoms with Crippen molar-refractivity contribution in [1.29, 1.82) is 0 Å². The minimum absolute atomic E-state index is 0.141. The van der Waals surface area contributed by atoms with Crippen molar-refractivity contribution >= 4 is 27.8 Å². The van der Waals surface area contributed by atoms with Crippen LogP contribution in [0.5, 0.6) is 0 Å². The lowest BCUT2D eigenvalue weighted by Crippen LogP contribution is -2.42. The fourth-order valence-electron chi connectivity index (χ4n) is 1.30. The molecule has 0 aliphatic heterocycles. The number of nitrogens with zero attached hydrogens (tertiary/aromatic N) is 1. The van der Waals surface area contributed by atoms with E-state index in [0.29, 0.717) is 10.2 Å². The lowest BCUT2D eigenvalue weighted by molar-refractivity contribution is -0.141. The van der Waals surface area contributed by atoms with Crippen LogP contribution in [0.3, 0.4) is 0 Å². The number of halogens is 1. The first-order valence-electron chi connectivity index (χ1n) is 5.14. The van der Waals surface area contributed by atoms with Crippen LogP contribution < -0.4 is 5.32 Å². The predicted molar refractivity (Wildman–Crippen MR) is 67.1 cm³/mol. The first-order valence-corrected chi connectivity index (χ1v) is 5.93. The molecule has 0 aliphatic carbocycles. The van der Waals surface area contributed by atoms with Crippen LogP contribution in [0.4, 0.5) is 0 Å². The molecule has 0 aromatic carbocycles. The van der Waals surface area contributed by atoms with Crippen molar-refractivity contribution in [2.45, 2.75) is 18.9 Å². The van der Waals surface area contributed by atoms with E-state index in [1.807, 2.05) is 0 Å². The maximum absolute atomic E-state index is 11.7. The Morgan fingerprint density at radius 2 is 2.22 bits per heavy atom. The van der Waals surface area contributed by atoms with Crippen molar-refractivity contribution in [3.8, 4) is 0 Å². The van der Waals surface area contributed by atoms with Gasteiger partial charge in [0, 0.05) is 18.3 Å². The Hall–Kier alpha value is -1.47. The van der Waals surface area contributed by atoms with E-state index < -0.39 is 23.9 Å². The number of hydrogen-bond donors (Lipinski definition) is 3. The van der Waals surface area contributed by atoms with Gasteiger partial charge in [0.25, 0.3) is 5.91 Å². The number of hydrogen-bond acceptors (Lipinski definition) is 4. The van der Waals surface area contributed by atoms with E-state index in [-0.39, 0.29) is 6.54 Å². The van der Waals surface area contributed by atoms with Crippen LogP contribution in [0, 0.1) is 0 Å². The smallest absolute Gasteiger partial charge is 0.306 e. The van der Waals surface area contributed by atoms with Crippen LogP contribution >= 0.6 is 15.9 Å². The molecule has 3 N–H and O–H groups in total. The van der Waals surface area contributed by atoms with Gasteiger partial charge in [-0.1, -0.05) is 0 Å². The molecule has 0 aliphatic rings. The summed E-state index contributed by atoms with van der Waals surface area (Å²) in [5, 5.41) is 20.8. The van der Waals surface area contributed by atoms with Gasteiger partial charge >= 0.3 is 5.97 Å². The molecule has 1 atom stereocenters. The second-order valence-corrected chi connectivity index (χ2v) is 4.93. The number of carboxylic acids is 1. The summed E-state index contributed by atoms with van der Waals surface area (Å²) in [6.45, 7) is 1.21. The van der Waals surface area contributed by atoms with E-state index in [0.717, 1.165) is 0 Å². The van der Waals surface area contributed by atoms with Gasteiger partial charge in [0.05, 0.1) is 12.0 Å². The second-order valence-electron chi connectivity index (χ2n) is 4.12.